The molecule has 23 heteroatoms. The summed E-state index contributed by atoms with van der Waals surface area (Å²) in [4.78, 5) is 174. The van der Waals surface area contributed by atoms with Gasteiger partial charge in [0.25, 0.3) is 0 Å². The molecule has 0 aromatic heterocycles. The number of likely N-dealkylation sites (N-methyl/N-ethyl adjacent to an activating group) is 7. The summed E-state index contributed by atoms with van der Waals surface area (Å²) in [5.74, 6) is -9.18. The number of allylic oxidation sites excluding steroid dienone is 2. The van der Waals surface area contributed by atoms with Gasteiger partial charge in [0, 0.05) is 55.8 Å². The largest absolute Gasteiger partial charge is 0.343 e. The molecule has 0 spiro atoms. The van der Waals surface area contributed by atoms with Gasteiger partial charge in [-0.05, 0) is 106 Å². The van der Waals surface area contributed by atoms with Crippen molar-refractivity contribution in [3.8, 4) is 0 Å². The van der Waals surface area contributed by atoms with E-state index in [1.165, 1.54) is 97.5 Å². The summed E-state index contributed by atoms with van der Waals surface area (Å²) in [6.07, 6.45) is 6.61. The average Bonchev–Trinajstić information content (AvgIpc) is 0.956. The molecule has 0 radical (unpaired) electrons. The van der Waals surface area contributed by atoms with Gasteiger partial charge in [-0.2, -0.15) is 0 Å². The van der Waals surface area contributed by atoms with E-state index in [0.717, 1.165) is 0 Å². The van der Waals surface area contributed by atoms with Crippen molar-refractivity contribution in [2.75, 3.05) is 62.4 Å². The number of hydrogen-bond acceptors (Lipinski definition) is 11. The summed E-state index contributed by atoms with van der Waals surface area (Å²) >= 11 is 0. The van der Waals surface area contributed by atoms with Crippen molar-refractivity contribution < 1.29 is 52.7 Å². The van der Waals surface area contributed by atoms with E-state index in [4.69, 9.17) is 6.57 Å². The van der Waals surface area contributed by atoms with Crippen LogP contribution in [0, 0.1) is 53.9 Å². The van der Waals surface area contributed by atoms with Crippen LogP contribution in [0.1, 0.15) is 169 Å². The van der Waals surface area contributed by atoms with Crippen molar-refractivity contribution in [3.05, 3.63) is 23.6 Å². The lowest BCUT2D eigenvalue weighted by molar-refractivity contribution is -0.156. The second kappa shape index (κ2) is 37.5. The number of unbranched alkanes of at least 4 members (excludes halogenated alkanes) is 1. The molecule has 0 unspecified atom stereocenters. The molecule has 0 aromatic carbocycles. The van der Waals surface area contributed by atoms with Gasteiger partial charge in [-0.3, -0.25) is 52.7 Å². The highest BCUT2D eigenvalue weighted by Crippen LogP contribution is 2.28. The third-order valence-electron chi connectivity index (χ3n) is 17.1. The molecule has 1 saturated heterocycles. The molecule has 0 aromatic rings. The minimum atomic E-state index is -1.22. The van der Waals surface area contributed by atoms with Crippen LogP contribution in [0.3, 0.4) is 0 Å². The molecule has 23 nitrogen and oxygen atoms in total. The predicted molar refractivity (Wildman–Crippen MR) is 347 cm³/mol. The number of nitrogens with zero attached hydrogens (tertiary/aromatic N) is 8. The van der Waals surface area contributed by atoms with Gasteiger partial charge in [0.1, 0.15) is 60.4 Å². The van der Waals surface area contributed by atoms with E-state index >= 15 is 19.2 Å². The zero-order valence-electron chi connectivity index (χ0n) is 58.7. The SMILES string of the molecule is [C-]#[N+]CCC/C=C/C[C@@H](C)[C@@H](C)[C@H]1C(=O)N[C@@H](CC)C(=O)N(C)CC(=O)N(C)[C@@H](CC(C)C)C(=O)N[C@@H](C(C)C)C(=O)N(C)[C@@H](CC(C)C)C(=O)N[C@@H](C)C(=O)N[C@H](C)C(=O)N(C)[C@@H](CC(C)C)C(=O)N(C)[C@@H](CC(C)C)C(=O)N(C)[C@@H](C(C)C)C(=O)N1C. The van der Waals surface area contributed by atoms with Crippen LogP contribution in [-0.2, 0) is 52.7 Å². The molecule has 0 aliphatic carbocycles. The smallest absolute Gasteiger partial charge is 0.246 e. The van der Waals surface area contributed by atoms with E-state index in [0.29, 0.717) is 25.8 Å². The van der Waals surface area contributed by atoms with E-state index in [1.54, 1.807) is 34.6 Å². The highest BCUT2D eigenvalue weighted by atomic mass is 16.2. The molecule has 1 rings (SSSR count). The number of hydrogen-bond donors (Lipinski definition) is 4. The fourth-order valence-corrected chi connectivity index (χ4v) is 11.3. The number of amides is 11. The number of rotatable bonds is 18. The van der Waals surface area contributed by atoms with Gasteiger partial charge < -0.3 is 60.4 Å². The van der Waals surface area contributed by atoms with Crippen molar-refractivity contribution in [1.29, 1.82) is 0 Å². The van der Waals surface area contributed by atoms with Gasteiger partial charge in [0.15, 0.2) is 0 Å². The van der Waals surface area contributed by atoms with Gasteiger partial charge in [-0.15, -0.1) is 0 Å². The first-order valence-corrected chi connectivity index (χ1v) is 32.3. The van der Waals surface area contributed by atoms with Gasteiger partial charge in [-0.25, -0.2) is 6.57 Å². The maximum atomic E-state index is 15.4. The number of carbonyl (C=O) groups is 11. The normalized spacial score (nSPS) is 26.1. The van der Waals surface area contributed by atoms with E-state index < -0.39 is 150 Å². The molecule has 1 heterocycles. The Morgan fingerprint density at radius 3 is 1.38 bits per heavy atom. The van der Waals surface area contributed by atoms with Crippen molar-refractivity contribution in [3.63, 3.8) is 0 Å². The van der Waals surface area contributed by atoms with Crippen LogP contribution in [0.2, 0.25) is 0 Å². The first-order chi connectivity index (χ1) is 41.2. The molecular formula is C66H116N12O11. The van der Waals surface area contributed by atoms with Gasteiger partial charge >= 0.3 is 0 Å². The molecule has 89 heavy (non-hydrogen) atoms. The molecule has 506 valence electrons. The number of nitrogens with one attached hydrogen (secondary N) is 4. The summed E-state index contributed by atoms with van der Waals surface area (Å²) in [6.45, 7) is 37.5. The molecule has 1 fully saturated rings. The summed E-state index contributed by atoms with van der Waals surface area (Å²) < 4.78 is 0. The Bertz CT molecular complexity index is 2480. The first kappa shape index (κ1) is 80.4. The topological polar surface area (TPSA) is 263 Å². The van der Waals surface area contributed by atoms with Gasteiger partial charge in [0.05, 0.1) is 6.54 Å². The van der Waals surface area contributed by atoms with Crippen LogP contribution >= 0.6 is 0 Å². The third kappa shape index (κ3) is 23.6. The molecule has 12 atom stereocenters. The van der Waals surface area contributed by atoms with Crippen molar-refractivity contribution in [1.82, 2.24) is 55.6 Å². The summed E-state index contributed by atoms with van der Waals surface area (Å²) in [6, 6.07) is -11.7. The molecule has 1 aliphatic rings. The van der Waals surface area contributed by atoms with Crippen molar-refractivity contribution in [2.45, 2.75) is 229 Å². The fraction of sp³-hybridized carbons (Fsp3) is 0.788. The summed E-state index contributed by atoms with van der Waals surface area (Å²) in [5.41, 5.74) is 0. The van der Waals surface area contributed by atoms with Crippen LogP contribution in [-0.4, -0.2) is 222 Å². The average molecular weight is 1250 g/mol. The molecule has 1 aliphatic heterocycles. The molecule has 0 bridgehead atoms. The Kier molecular flexibility index (Phi) is 33.9. The standard InChI is InChI=1S/C66H116N12O11/c1-26-48-62(85)72(19)37-53(79)73(20)49(33-38(2)3)59(82)71-54(42(10)11)65(88)74(21)50(34-39(4)5)58(81)68-46(16)57(80)69-47(17)61(84)75(22)51(35-40(6)7)63(86)76(23)52(36-41(8)9)64(87)77(24)55(43(12)13)66(89)78(25)56(60(83)70-48)45(15)44(14)31-29-27-28-30-32-67-18/h27,29,38-52,54-56H,26,28,30-37H2,1-17,19-25H3,(H,68,81)(H,69,80)(H,70,83)(H,71,82)/b29-27+/t44-,45-,46+,47-,48+,49+,50+,51+,52+,54+,55+,56+/m1/s1. The highest BCUT2D eigenvalue weighted by Gasteiger charge is 2.45. The maximum absolute atomic E-state index is 15.4. The maximum Gasteiger partial charge on any atom is 0.246 e. The highest BCUT2D eigenvalue weighted by molar-refractivity contribution is 5.99. The van der Waals surface area contributed by atoms with E-state index in [1.807, 2.05) is 81.4 Å². The molecule has 0 saturated carbocycles. The van der Waals surface area contributed by atoms with Crippen LogP contribution in [0.4, 0.5) is 0 Å². The Hall–Kier alpha value is -6.60. The van der Waals surface area contributed by atoms with Crippen molar-refractivity contribution >= 4 is 65.0 Å². The fourth-order valence-electron chi connectivity index (χ4n) is 11.3. The van der Waals surface area contributed by atoms with Crippen LogP contribution in [0.25, 0.3) is 4.85 Å². The van der Waals surface area contributed by atoms with Gasteiger partial charge in [-0.1, -0.05) is 116 Å². The van der Waals surface area contributed by atoms with E-state index in [-0.39, 0.29) is 61.7 Å². The second-order valence-corrected chi connectivity index (χ2v) is 27.4. The second-order valence-electron chi connectivity index (χ2n) is 27.4. The minimum Gasteiger partial charge on any atom is -0.343 e. The monoisotopic (exact) mass is 1250 g/mol. The Morgan fingerprint density at radius 1 is 0.472 bits per heavy atom. The lowest BCUT2D eigenvalue weighted by Crippen LogP contribution is -2.62. The van der Waals surface area contributed by atoms with E-state index in [9.17, 15) is 33.6 Å². The summed E-state index contributed by atoms with van der Waals surface area (Å²) in [7, 11) is 10.2. The van der Waals surface area contributed by atoms with Gasteiger partial charge in [0.2, 0.25) is 71.5 Å². The Morgan fingerprint density at radius 2 is 0.910 bits per heavy atom. The predicted octanol–water partition coefficient (Wildman–Crippen LogP) is 5.22. The van der Waals surface area contributed by atoms with Crippen LogP contribution < -0.4 is 21.3 Å². The lowest BCUT2D eigenvalue weighted by Gasteiger charge is -2.42. The minimum absolute atomic E-state index is 0.0854. The molecule has 11 amide bonds. The first-order valence-electron chi connectivity index (χ1n) is 32.3. The van der Waals surface area contributed by atoms with E-state index in [2.05, 4.69) is 26.1 Å². The third-order valence-corrected chi connectivity index (χ3v) is 17.1. The number of carbonyl (C=O) groups excluding carboxylic acids is 11. The molecular weight excluding hydrogens is 1140 g/mol. The summed E-state index contributed by atoms with van der Waals surface area (Å²) in [5, 5.41) is 11.2. The Balaban J connectivity index is 4.35. The quantitative estimate of drug-likeness (QED) is 0.0785. The zero-order valence-corrected chi connectivity index (χ0v) is 58.7. The zero-order chi connectivity index (χ0) is 68.8. The van der Waals surface area contributed by atoms with Crippen LogP contribution in [0.15, 0.2) is 12.2 Å². The molecule has 4 N–H and O–H groups in total. The Labute approximate surface area is 534 Å². The van der Waals surface area contributed by atoms with Crippen molar-refractivity contribution in [2.24, 2.45) is 47.3 Å². The lowest BCUT2D eigenvalue weighted by atomic mass is 9.84. The van der Waals surface area contributed by atoms with Crippen LogP contribution in [0.5, 0.6) is 0 Å².